The molecule has 0 radical (unpaired) electrons. The Morgan fingerprint density at radius 2 is 1.72 bits per heavy atom. The third kappa shape index (κ3) is 2.76. The third-order valence-electron chi connectivity index (χ3n) is 5.21. The lowest BCUT2D eigenvalue weighted by atomic mass is 9.82. The Morgan fingerprint density at radius 3 is 2.32 bits per heavy atom. The first-order valence-electron chi connectivity index (χ1n) is 8.40. The van der Waals surface area contributed by atoms with Crippen molar-refractivity contribution in [3.63, 3.8) is 0 Å². The molecule has 0 aliphatic heterocycles. The lowest BCUT2D eigenvalue weighted by Crippen LogP contribution is -2.42. The van der Waals surface area contributed by atoms with Crippen LogP contribution in [0, 0.1) is 30.6 Å². The van der Waals surface area contributed by atoms with Crippen molar-refractivity contribution in [2.24, 2.45) is 23.7 Å². The van der Waals surface area contributed by atoms with E-state index in [1.54, 1.807) is 12.1 Å². The number of fused-ring (bicyclic) bond motifs is 2. The van der Waals surface area contributed by atoms with E-state index in [0.29, 0.717) is 12.1 Å². The number of allylic oxidation sites excluding steroid dienone is 2. The maximum absolute atomic E-state index is 12.6. The molecule has 1 N–H and O–H groups in total. The highest BCUT2D eigenvalue weighted by atomic mass is 16.4. The SMILES string of the molecule is Cc1ccc(-c2ccc(NC(=O)[C@@H]3[C@@H](C(=O)[O-])[C@H]4C=C[C@@H]3C4)cc2)o1. The fourth-order valence-corrected chi connectivity index (χ4v) is 4.03. The summed E-state index contributed by atoms with van der Waals surface area (Å²) < 4.78 is 5.58. The van der Waals surface area contributed by atoms with Gasteiger partial charge in [0.15, 0.2) is 0 Å². The molecule has 5 nitrogen and oxygen atoms in total. The number of hydrogen-bond donors (Lipinski definition) is 1. The Morgan fingerprint density at radius 1 is 1.04 bits per heavy atom. The molecule has 1 heterocycles. The topological polar surface area (TPSA) is 82.4 Å². The molecule has 0 unspecified atom stereocenters. The molecule has 2 bridgehead atoms. The minimum absolute atomic E-state index is 0.0155. The first kappa shape index (κ1) is 15.7. The van der Waals surface area contributed by atoms with Crippen LogP contribution in [-0.4, -0.2) is 11.9 Å². The van der Waals surface area contributed by atoms with E-state index in [1.165, 1.54) is 0 Å². The number of hydrogen-bond acceptors (Lipinski definition) is 4. The van der Waals surface area contributed by atoms with E-state index in [0.717, 1.165) is 17.1 Å². The van der Waals surface area contributed by atoms with Gasteiger partial charge in [0.1, 0.15) is 11.5 Å². The third-order valence-corrected chi connectivity index (χ3v) is 5.21. The van der Waals surface area contributed by atoms with Crippen LogP contribution in [0.2, 0.25) is 0 Å². The molecule has 2 aliphatic rings. The molecule has 2 aliphatic carbocycles. The lowest BCUT2D eigenvalue weighted by molar-refractivity contribution is -0.313. The Bertz CT molecular complexity index is 849. The van der Waals surface area contributed by atoms with Gasteiger partial charge in [0, 0.05) is 23.1 Å². The number of carboxylic acids is 1. The summed E-state index contributed by atoms with van der Waals surface area (Å²) in [6.45, 7) is 1.88. The largest absolute Gasteiger partial charge is 0.550 e. The second kappa shape index (κ2) is 5.92. The van der Waals surface area contributed by atoms with Crippen LogP contribution in [0.1, 0.15) is 12.2 Å². The molecular weight excluding hydrogens is 318 g/mol. The van der Waals surface area contributed by atoms with E-state index < -0.39 is 17.8 Å². The van der Waals surface area contributed by atoms with Gasteiger partial charge in [0.05, 0.1) is 5.92 Å². The zero-order valence-electron chi connectivity index (χ0n) is 13.8. The van der Waals surface area contributed by atoms with Crippen molar-refractivity contribution in [2.45, 2.75) is 13.3 Å². The molecule has 0 spiro atoms. The van der Waals surface area contributed by atoms with Crippen LogP contribution in [-0.2, 0) is 9.59 Å². The number of benzene rings is 1. The van der Waals surface area contributed by atoms with Gasteiger partial charge in [-0.3, -0.25) is 4.79 Å². The first-order chi connectivity index (χ1) is 12.0. The maximum Gasteiger partial charge on any atom is 0.228 e. The highest BCUT2D eigenvalue weighted by Crippen LogP contribution is 2.48. The van der Waals surface area contributed by atoms with Crippen LogP contribution >= 0.6 is 0 Å². The smallest absolute Gasteiger partial charge is 0.228 e. The number of aliphatic carboxylic acids is 1. The van der Waals surface area contributed by atoms with Crippen molar-refractivity contribution in [1.29, 1.82) is 0 Å². The average Bonchev–Trinajstić information content (AvgIpc) is 3.30. The van der Waals surface area contributed by atoms with E-state index in [1.807, 2.05) is 43.3 Å². The Labute approximate surface area is 145 Å². The summed E-state index contributed by atoms with van der Waals surface area (Å²) in [5, 5.41) is 14.3. The fraction of sp³-hybridized carbons (Fsp3) is 0.300. The number of furan rings is 1. The van der Waals surface area contributed by atoms with Gasteiger partial charge in [-0.1, -0.05) is 12.2 Å². The van der Waals surface area contributed by atoms with E-state index in [9.17, 15) is 14.7 Å². The van der Waals surface area contributed by atoms with E-state index >= 15 is 0 Å². The Hall–Kier alpha value is -2.82. The number of amides is 1. The van der Waals surface area contributed by atoms with Crippen molar-refractivity contribution >= 4 is 17.6 Å². The van der Waals surface area contributed by atoms with Gasteiger partial charge in [0.25, 0.3) is 0 Å². The predicted octanol–water partition coefficient (Wildman–Crippen LogP) is 2.38. The zero-order valence-corrected chi connectivity index (χ0v) is 13.8. The molecule has 25 heavy (non-hydrogen) atoms. The molecule has 1 amide bonds. The molecule has 1 saturated carbocycles. The molecule has 4 rings (SSSR count). The van der Waals surface area contributed by atoms with Gasteiger partial charge in [0.2, 0.25) is 5.91 Å². The summed E-state index contributed by atoms with van der Waals surface area (Å²) in [6.07, 6.45) is 4.57. The van der Waals surface area contributed by atoms with E-state index in [-0.39, 0.29) is 17.7 Å². The number of aryl methyl sites for hydroxylation is 1. The van der Waals surface area contributed by atoms with Crippen LogP contribution in [0.15, 0.2) is 53.0 Å². The summed E-state index contributed by atoms with van der Waals surface area (Å²) >= 11 is 0. The number of anilines is 1. The van der Waals surface area contributed by atoms with Gasteiger partial charge in [-0.05, 0) is 61.6 Å². The minimum Gasteiger partial charge on any atom is -0.550 e. The summed E-state index contributed by atoms with van der Waals surface area (Å²) in [5.74, 6) is -1.19. The van der Waals surface area contributed by atoms with Crippen LogP contribution in [0.4, 0.5) is 5.69 Å². The molecule has 2 aromatic rings. The Kier molecular flexibility index (Phi) is 3.71. The van der Waals surface area contributed by atoms with Crippen LogP contribution < -0.4 is 10.4 Å². The molecule has 0 saturated heterocycles. The van der Waals surface area contributed by atoms with Gasteiger partial charge in [-0.15, -0.1) is 0 Å². The van der Waals surface area contributed by atoms with Crippen molar-refractivity contribution in [1.82, 2.24) is 0 Å². The second-order valence-corrected chi connectivity index (χ2v) is 6.80. The van der Waals surface area contributed by atoms with Crippen LogP contribution in [0.25, 0.3) is 11.3 Å². The fourth-order valence-electron chi connectivity index (χ4n) is 4.03. The van der Waals surface area contributed by atoms with Gasteiger partial charge < -0.3 is 19.6 Å². The number of nitrogens with one attached hydrogen (secondary N) is 1. The summed E-state index contributed by atoms with van der Waals surface area (Å²) in [6, 6.07) is 11.1. The quantitative estimate of drug-likeness (QED) is 0.869. The number of carbonyl (C=O) groups is 2. The molecule has 5 heteroatoms. The average molecular weight is 336 g/mol. The van der Waals surface area contributed by atoms with Crippen molar-refractivity contribution in [2.75, 3.05) is 5.32 Å². The normalized spacial score (nSPS) is 26.8. The second-order valence-electron chi connectivity index (χ2n) is 6.80. The molecule has 128 valence electrons. The Balaban J connectivity index is 1.49. The van der Waals surface area contributed by atoms with Crippen LogP contribution in [0.3, 0.4) is 0 Å². The molecular formula is C20H18NO4-. The zero-order chi connectivity index (χ0) is 17.6. The lowest BCUT2D eigenvalue weighted by Gasteiger charge is -2.27. The highest BCUT2D eigenvalue weighted by molar-refractivity contribution is 5.96. The molecule has 4 atom stereocenters. The van der Waals surface area contributed by atoms with Crippen molar-refractivity contribution in [3.05, 3.63) is 54.3 Å². The predicted molar refractivity (Wildman–Crippen MR) is 90.2 cm³/mol. The standard InChI is InChI=1S/C20H19NO4/c1-11-2-9-16(25-11)12-5-7-15(8-6-12)21-19(22)17-13-3-4-14(10-13)18(17)20(23)24/h2-9,13-14,17-18H,10H2,1H3,(H,21,22)(H,23,24)/p-1/t13-,14+,17+,18+/m1/s1. The summed E-state index contributed by atoms with van der Waals surface area (Å²) in [5.41, 5.74) is 1.56. The molecule has 1 fully saturated rings. The maximum atomic E-state index is 12.6. The summed E-state index contributed by atoms with van der Waals surface area (Å²) in [4.78, 5) is 24.0. The molecule has 1 aromatic carbocycles. The van der Waals surface area contributed by atoms with Crippen molar-refractivity contribution < 1.29 is 19.1 Å². The van der Waals surface area contributed by atoms with Crippen LogP contribution in [0.5, 0.6) is 0 Å². The van der Waals surface area contributed by atoms with Crippen molar-refractivity contribution in [3.8, 4) is 11.3 Å². The number of carboxylic acid groups (broad SMARTS) is 1. The highest BCUT2D eigenvalue weighted by Gasteiger charge is 2.48. The minimum atomic E-state index is -1.14. The number of rotatable bonds is 4. The van der Waals surface area contributed by atoms with Gasteiger partial charge in [-0.25, -0.2) is 0 Å². The van der Waals surface area contributed by atoms with E-state index in [2.05, 4.69) is 5.32 Å². The van der Waals surface area contributed by atoms with E-state index in [4.69, 9.17) is 4.42 Å². The van der Waals surface area contributed by atoms with Gasteiger partial charge >= 0.3 is 0 Å². The summed E-state index contributed by atoms with van der Waals surface area (Å²) in [7, 11) is 0. The monoisotopic (exact) mass is 336 g/mol. The first-order valence-corrected chi connectivity index (χ1v) is 8.40. The number of carbonyl (C=O) groups excluding carboxylic acids is 2. The van der Waals surface area contributed by atoms with Gasteiger partial charge in [-0.2, -0.15) is 0 Å². The molecule has 1 aromatic heterocycles.